The molecule has 2 N–H and O–H groups in total. The predicted molar refractivity (Wildman–Crippen MR) is 50.0 cm³/mol. The Morgan fingerprint density at radius 2 is 2.06 bits per heavy atom. The molecule has 0 radical (unpaired) electrons. The molecule has 0 bridgehead atoms. The van der Waals surface area contributed by atoms with Crippen LogP contribution in [0.15, 0.2) is 12.1 Å². The van der Waals surface area contributed by atoms with Gasteiger partial charge in [-0.2, -0.15) is 0 Å². The van der Waals surface area contributed by atoms with E-state index in [9.17, 15) is 14.3 Å². The Morgan fingerprint density at radius 1 is 1.38 bits per heavy atom. The van der Waals surface area contributed by atoms with Crippen molar-refractivity contribution < 1.29 is 28.9 Å². The van der Waals surface area contributed by atoms with Gasteiger partial charge in [-0.25, -0.2) is 9.18 Å². The fourth-order valence-electron chi connectivity index (χ4n) is 1.44. The van der Waals surface area contributed by atoms with Gasteiger partial charge in [-0.1, -0.05) is 0 Å². The van der Waals surface area contributed by atoms with Gasteiger partial charge in [-0.3, -0.25) is 0 Å². The van der Waals surface area contributed by atoms with Crippen molar-refractivity contribution in [2.24, 2.45) is 0 Å². The Hall–Kier alpha value is -1.82. The van der Waals surface area contributed by atoms with Gasteiger partial charge in [0.1, 0.15) is 13.2 Å². The highest BCUT2D eigenvalue weighted by molar-refractivity contribution is 5.74. The van der Waals surface area contributed by atoms with Crippen LogP contribution < -0.4 is 9.47 Å². The van der Waals surface area contributed by atoms with Crippen LogP contribution in [0.4, 0.5) is 4.39 Å². The summed E-state index contributed by atoms with van der Waals surface area (Å²) in [5.74, 6) is -2.35. The molecule has 0 aromatic heterocycles. The number of carboxylic acids is 1. The molecule has 0 aliphatic carbocycles. The molecule has 1 aromatic carbocycles. The summed E-state index contributed by atoms with van der Waals surface area (Å²) in [5, 5.41) is 17.8. The minimum atomic E-state index is -1.91. The summed E-state index contributed by atoms with van der Waals surface area (Å²) < 4.78 is 23.9. The van der Waals surface area contributed by atoms with Gasteiger partial charge < -0.3 is 19.7 Å². The Morgan fingerprint density at radius 3 is 2.75 bits per heavy atom. The summed E-state index contributed by atoms with van der Waals surface area (Å²) >= 11 is 0. The molecular weight excluding hydrogens is 219 g/mol. The lowest BCUT2D eigenvalue weighted by molar-refractivity contribution is -0.147. The second-order valence-electron chi connectivity index (χ2n) is 3.23. The molecule has 0 spiro atoms. The summed E-state index contributed by atoms with van der Waals surface area (Å²) in [6, 6.07) is 2.54. The molecule has 1 aliphatic rings. The number of aliphatic hydroxyl groups excluding tert-OH is 1. The van der Waals surface area contributed by atoms with Crippen molar-refractivity contribution in [3.63, 3.8) is 0 Å². The summed E-state index contributed by atoms with van der Waals surface area (Å²) in [5.41, 5.74) is -0.336. The van der Waals surface area contributed by atoms with E-state index in [4.69, 9.17) is 14.6 Å². The Kier molecular flexibility index (Phi) is 2.66. The van der Waals surface area contributed by atoms with Gasteiger partial charge in [0.2, 0.25) is 0 Å². The van der Waals surface area contributed by atoms with Crippen LogP contribution in [0.3, 0.4) is 0 Å². The van der Waals surface area contributed by atoms with Crippen molar-refractivity contribution in [3.8, 4) is 11.5 Å². The fraction of sp³-hybridized carbons (Fsp3) is 0.300. The van der Waals surface area contributed by atoms with Crippen molar-refractivity contribution in [3.05, 3.63) is 23.5 Å². The van der Waals surface area contributed by atoms with Gasteiger partial charge in [0.25, 0.3) is 0 Å². The van der Waals surface area contributed by atoms with Crippen LogP contribution in [-0.2, 0) is 4.79 Å². The van der Waals surface area contributed by atoms with Crippen molar-refractivity contribution in [2.45, 2.75) is 6.10 Å². The Balaban J connectivity index is 2.45. The number of fused-ring (bicyclic) bond motifs is 1. The number of benzene rings is 1. The quantitative estimate of drug-likeness (QED) is 0.779. The monoisotopic (exact) mass is 228 g/mol. The zero-order chi connectivity index (χ0) is 11.7. The lowest BCUT2D eigenvalue weighted by Crippen LogP contribution is -2.19. The van der Waals surface area contributed by atoms with Crippen LogP contribution in [-0.4, -0.2) is 29.4 Å². The molecule has 5 nitrogen and oxygen atoms in total. The number of aliphatic carboxylic acids is 1. The molecule has 0 fully saturated rings. The Bertz CT molecular complexity index is 431. The van der Waals surface area contributed by atoms with Crippen molar-refractivity contribution in [2.75, 3.05) is 13.2 Å². The van der Waals surface area contributed by atoms with Crippen LogP contribution in [0.5, 0.6) is 11.5 Å². The lowest BCUT2D eigenvalue weighted by atomic mass is 10.1. The number of hydrogen-bond acceptors (Lipinski definition) is 4. The molecule has 16 heavy (non-hydrogen) atoms. The molecule has 1 unspecified atom stereocenters. The van der Waals surface area contributed by atoms with Crippen LogP contribution in [0.25, 0.3) is 0 Å². The first kappa shape index (κ1) is 10.7. The second kappa shape index (κ2) is 3.97. The molecule has 0 saturated heterocycles. The molecule has 1 aliphatic heterocycles. The third-order valence-electron chi connectivity index (χ3n) is 2.21. The SMILES string of the molecule is O=C(O)C(O)c1ccc2c(c1F)OCCO2. The van der Waals surface area contributed by atoms with E-state index in [0.29, 0.717) is 6.61 Å². The van der Waals surface area contributed by atoms with E-state index >= 15 is 0 Å². The highest BCUT2D eigenvalue weighted by Crippen LogP contribution is 2.36. The second-order valence-corrected chi connectivity index (χ2v) is 3.23. The van der Waals surface area contributed by atoms with E-state index in [0.717, 1.165) is 0 Å². The average molecular weight is 228 g/mol. The summed E-state index contributed by atoms with van der Waals surface area (Å²) in [6.45, 7) is 0.504. The average Bonchev–Trinajstić information content (AvgIpc) is 2.29. The highest BCUT2D eigenvalue weighted by atomic mass is 19.1. The molecular formula is C10H9FO5. The van der Waals surface area contributed by atoms with Crippen LogP contribution in [0.2, 0.25) is 0 Å². The largest absolute Gasteiger partial charge is 0.486 e. The van der Waals surface area contributed by atoms with Crippen LogP contribution in [0, 0.1) is 5.82 Å². The first-order valence-corrected chi connectivity index (χ1v) is 4.60. The zero-order valence-electron chi connectivity index (χ0n) is 8.14. The smallest absolute Gasteiger partial charge is 0.337 e. The van der Waals surface area contributed by atoms with Crippen molar-refractivity contribution in [1.82, 2.24) is 0 Å². The number of ether oxygens (including phenoxy) is 2. The van der Waals surface area contributed by atoms with Gasteiger partial charge in [-0.05, 0) is 12.1 Å². The maximum Gasteiger partial charge on any atom is 0.337 e. The minimum Gasteiger partial charge on any atom is -0.486 e. The maximum atomic E-state index is 13.7. The number of carbonyl (C=O) groups is 1. The zero-order valence-corrected chi connectivity index (χ0v) is 8.14. The molecule has 1 aromatic rings. The molecule has 1 heterocycles. The standard InChI is InChI=1S/C10H9FO5/c11-7-5(8(12)10(13)14)1-2-6-9(7)16-4-3-15-6/h1-2,8,12H,3-4H2,(H,13,14). The number of carboxylic acid groups (broad SMARTS) is 1. The van der Waals surface area contributed by atoms with E-state index in [-0.39, 0.29) is 23.7 Å². The molecule has 0 saturated carbocycles. The topological polar surface area (TPSA) is 76.0 Å². The summed E-state index contributed by atoms with van der Waals surface area (Å²) in [4.78, 5) is 10.5. The normalized spacial score (nSPS) is 15.6. The van der Waals surface area contributed by atoms with Crippen molar-refractivity contribution in [1.29, 1.82) is 0 Å². The number of halogens is 1. The van der Waals surface area contributed by atoms with E-state index in [1.54, 1.807) is 0 Å². The predicted octanol–water partition coefficient (Wildman–Crippen LogP) is 0.715. The van der Waals surface area contributed by atoms with Gasteiger partial charge in [-0.15, -0.1) is 0 Å². The first-order valence-electron chi connectivity index (χ1n) is 4.60. The third kappa shape index (κ3) is 1.67. The Labute approximate surface area is 90.0 Å². The van der Waals surface area contributed by atoms with Gasteiger partial charge >= 0.3 is 5.97 Å². The minimum absolute atomic E-state index is 0.149. The van der Waals surface area contributed by atoms with E-state index in [1.807, 2.05) is 0 Å². The van der Waals surface area contributed by atoms with Gasteiger partial charge in [0.05, 0.1) is 0 Å². The number of hydrogen-bond donors (Lipinski definition) is 2. The van der Waals surface area contributed by atoms with Crippen LogP contribution >= 0.6 is 0 Å². The fourth-order valence-corrected chi connectivity index (χ4v) is 1.44. The molecule has 1 atom stereocenters. The van der Waals surface area contributed by atoms with Crippen LogP contribution in [0.1, 0.15) is 11.7 Å². The van der Waals surface area contributed by atoms with E-state index in [2.05, 4.69) is 0 Å². The van der Waals surface area contributed by atoms with Crippen molar-refractivity contribution >= 4 is 5.97 Å². The summed E-state index contributed by atoms with van der Waals surface area (Å²) in [6.07, 6.45) is -1.91. The molecule has 86 valence electrons. The third-order valence-corrected chi connectivity index (χ3v) is 2.21. The molecule has 2 rings (SSSR count). The maximum absolute atomic E-state index is 13.7. The molecule has 0 amide bonds. The highest BCUT2D eigenvalue weighted by Gasteiger charge is 2.26. The van der Waals surface area contributed by atoms with E-state index < -0.39 is 17.9 Å². The number of aliphatic hydroxyl groups is 1. The first-order chi connectivity index (χ1) is 7.61. The van der Waals surface area contributed by atoms with E-state index in [1.165, 1.54) is 12.1 Å². The summed E-state index contributed by atoms with van der Waals surface area (Å²) in [7, 11) is 0. The molecule has 6 heteroatoms. The van der Waals surface area contributed by atoms with Gasteiger partial charge in [0, 0.05) is 5.56 Å². The van der Waals surface area contributed by atoms with Gasteiger partial charge in [0.15, 0.2) is 23.4 Å². The lowest BCUT2D eigenvalue weighted by Gasteiger charge is -2.20. The number of rotatable bonds is 2.